The summed E-state index contributed by atoms with van der Waals surface area (Å²) < 4.78 is 5.44. The van der Waals surface area contributed by atoms with E-state index in [1.165, 1.54) is 0 Å². The first-order chi connectivity index (χ1) is 9.18. The maximum atomic E-state index is 11.1. The summed E-state index contributed by atoms with van der Waals surface area (Å²) in [5, 5.41) is 9.21. The molecule has 6 heteroatoms. The van der Waals surface area contributed by atoms with Gasteiger partial charge >= 0.3 is 5.97 Å². The lowest BCUT2D eigenvalue weighted by Crippen LogP contribution is -2.65. The van der Waals surface area contributed by atoms with E-state index >= 15 is 0 Å². The molecule has 2 rings (SSSR count). The number of ether oxygens (including phenoxy) is 1. The van der Waals surface area contributed by atoms with E-state index in [0.717, 1.165) is 16.3 Å². The Kier molecular flexibility index (Phi) is 4.19. The van der Waals surface area contributed by atoms with Crippen LogP contribution < -0.4 is 0 Å². The second-order valence-corrected chi connectivity index (χ2v) is 8.00. The molecule has 1 N–H and O–H groups in total. The highest BCUT2D eigenvalue weighted by atomic mass is 32.2. The summed E-state index contributed by atoms with van der Waals surface area (Å²) in [4.78, 5) is 14.0. The quantitative estimate of drug-likeness (QED) is 0.808. The van der Waals surface area contributed by atoms with E-state index in [9.17, 15) is 4.79 Å². The van der Waals surface area contributed by atoms with Crippen molar-refractivity contribution in [1.82, 2.24) is 4.90 Å². The van der Waals surface area contributed by atoms with E-state index in [4.69, 9.17) is 22.1 Å². The number of thioether (sulfide) groups is 1. The van der Waals surface area contributed by atoms with E-state index in [1.54, 1.807) is 18.9 Å². The maximum Gasteiger partial charge on any atom is 0.304 e. The molecule has 0 aromatic heterocycles. The first-order valence-corrected chi connectivity index (χ1v) is 7.98. The van der Waals surface area contributed by atoms with Crippen molar-refractivity contribution < 1.29 is 14.6 Å². The van der Waals surface area contributed by atoms with Crippen LogP contribution in [0.1, 0.15) is 34.1 Å². The molecular weight excluding hydrogens is 294 g/mol. The fourth-order valence-electron chi connectivity index (χ4n) is 2.95. The molecule has 1 unspecified atom stereocenters. The highest BCUT2D eigenvalue weighted by Gasteiger charge is 2.53. The monoisotopic (exact) mass is 315 g/mol. The average molecular weight is 315 g/mol. The number of carboxylic acid groups (broad SMARTS) is 1. The Bertz CT molecular complexity index is 481. The van der Waals surface area contributed by atoms with Crippen molar-refractivity contribution in [2.45, 2.75) is 50.8 Å². The number of allylic oxidation sites excluding steroid dienone is 1. The minimum atomic E-state index is -0.764. The van der Waals surface area contributed by atoms with Crippen LogP contribution in [0.25, 0.3) is 0 Å². The fraction of sp³-hybridized carbons (Fsp3) is 0.714. The molecule has 1 saturated heterocycles. The summed E-state index contributed by atoms with van der Waals surface area (Å²) in [7, 11) is 1.66. The molecular formula is C14H21NO3S2. The van der Waals surface area contributed by atoms with Crippen LogP contribution in [0.4, 0.5) is 0 Å². The molecule has 112 valence electrons. The van der Waals surface area contributed by atoms with Crippen molar-refractivity contribution in [3.05, 3.63) is 11.3 Å². The van der Waals surface area contributed by atoms with Gasteiger partial charge in [-0.1, -0.05) is 33.0 Å². The predicted molar refractivity (Wildman–Crippen MR) is 84.8 cm³/mol. The number of hydrogen-bond acceptors (Lipinski definition) is 4. The largest absolute Gasteiger partial charge is 0.481 e. The lowest BCUT2D eigenvalue weighted by molar-refractivity contribution is -0.136. The molecule has 0 aromatic rings. The number of carbonyl (C=O) groups is 1. The van der Waals surface area contributed by atoms with Gasteiger partial charge in [-0.05, 0) is 12.5 Å². The van der Waals surface area contributed by atoms with E-state index in [1.807, 2.05) is 6.92 Å². The van der Waals surface area contributed by atoms with Crippen LogP contribution in [0.5, 0.6) is 0 Å². The van der Waals surface area contributed by atoms with Gasteiger partial charge in [0.05, 0.1) is 6.42 Å². The summed E-state index contributed by atoms with van der Waals surface area (Å²) in [6.07, 6.45) is 0.0561. The Balaban J connectivity index is 2.41. The maximum absolute atomic E-state index is 11.1. The average Bonchev–Trinajstić information content (AvgIpc) is 2.30. The summed E-state index contributed by atoms with van der Waals surface area (Å²) >= 11 is 7.11. The Morgan fingerprint density at radius 2 is 2.10 bits per heavy atom. The van der Waals surface area contributed by atoms with Gasteiger partial charge in [-0.25, -0.2) is 0 Å². The predicted octanol–water partition coefficient (Wildman–Crippen LogP) is 2.88. The molecule has 4 nitrogen and oxygen atoms in total. The minimum absolute atomic E-state index is 0.0104. The lowest BCUT2D eigenvalue weighted by atomic mass is 9.84. The van der Waals surface area contributed by atoms with Gasteiger partial charge in [0.2, 0.25) is 0 Å². The topological polar surface area (TPSA) is 49.8 Å². The molecule has 2 heterocycles. The summed E-state index contributed by atoms with van der Waals surface area (Å²) in [6.45, 7) is 8.44. The van der Waals surface area contributed by atoms with Crippen molar-refractivity contribution in [1.29, 1.82) is 0 Å². The van der Waals surface area contributed by atoms with E-state index in [-0.39, 0.29) is 28.6 Å². The number of carboxylic acids is 1. The number of aliphatic carboxylic acids is 1. The summed E-state index contributed by atoms with van der Waals surface area (Å²) in [5.41, 5.74) is 2.21. The fourth-order valence-corrected chi connectivity index (χ4v) is 5.15. The molecule has 2 aliphatic heterocycles. The van der Waals surface area contributed by atoms with Crippen molar-refractivity contribution in [3.8, 4) is 0 Å². The van der Waals surface area contributed by atoms with E-state index in [0.29, 0.717) is 0 Å². The smallest absolute Gasteiger partial charge is 0.304 e. The Hall–Kier alpha value is -0.590. The van der Waals surface area contributed by atoms with Crippen molar-refractivity contribution in [3.63, 3.8) is 0 Å². The van der Waals surface area contributed by atoms with Gasteiger partial charge in [0, 0.05) is 23.5 Å². The molecule has 0 amide bonds. The number of rotatable bonds is 3. The third-order valence-corrected chi connectivity index (χ3v) is 5.73. The number of thiocarbonyl (C=S) groups is 1. The van der Waals surface area contributed by atoms with Crippen molar-refractivity contribution in [2.75, 3.05) is 7.11 Å². The zero-order valence-corrected chi connectivity index (χ0v) is 14.1. The first kappa shape index (κ1) is 15.8. The second-order valence-electron chi connectivity index (χ2n) is 6.26. The van der Waals surface area contributed by atoms with Crippen LogP contribution in [0.2, 0.25) is 0 Å². The summed E-state index contributed by atoms with van der Waals surface area (Å²) in [6, 6.07) is 0. The Morgan fingerprint density at radius 1 is 1.50 bits per heavy atom. The van der Waals surface area contributed by atoms with E-state index in [2.05, 4.69) is 25.7 Å². The van der Waals surface area contributed by atoms with E-state index < -0.39 is 5.97 Å². The molecule has 2 aliphatic rings. The van der Waals surface area contributed by atoms with Gasteiger partial charge in [-0.3, -0.25) is 4.79 Å². The number of nitrogens with zero attached hydrogens (tertiary/aromatic N) is 1. The highest BCUT2D eigenvalue weighted by Crippen LogP contribution is 2.50. The second kappa shape index (κ2) is 5.31. The Labute approximate surface area is 129 Å². The summed E-state index contributed by atoms with van der Waals surface area (Å²) in [5.74, 6) is -0.764. The highest BCUT2D eigenvalue weighted by molar-refractivity contribution is 8.01. The Morgan fingerprint density at radius 3 is 2.55 bits per heavy atom. The number of hydrogen-bond donors (Lipinski definition) is 1. The molecule has 0 bridgehead atoms. The number of fused-ring (bicyclic) bond motifs is 1. The third kappa shape index (κ3) is 2.49. The SMILES string of the molecule is CO[C@H]1C(=S)N2C(C(C)(C)C)=C(C)C(CC(=O)O)S[C@H]12. The van der Waals surface area contributed by atoms with Crippen LogP contribution in [0.3, 0.4) is 0 Å². The third-order valence-electron chi connectivity index (χ3n) is 3.72. The molecule has 0 radical (unpaired) electrons. The van der Waals surface area contributed by atoms with Gasteiger partial charge < -0.3 is 14.7 Å². The lowest BCUT2D eigenvalue weighted by Gasteiger charge is -2.56. The molecule has 0 aromatic carbocycles. The van der Waals surface area contributed by atoms with Gasteiger partial charge in [0.15, 0.2) is 0 Å². The van der Waals surface area contributed by atoms with Crippen LogP contribution in [-0.4, -0.2) is 44.8 Å². The zero-order valence-electron chi connectivity index (χ0n) is 12.5. The zero-order chi connectivity index (χ0) is 15.2. The normalized spacial score (nSPS) is 30.1. The van der Waals surface area contributed by atoms with Gasteiger partial charge in [0.1, 0.15) is 16.5 Å². The van der Waals surface area contributed by atoms with Crippen LogP contribution >= 0.6 is 24.0 Å². The molecule has 20 heavy (non-hydrogen) atoms. The molecule has 0 saturated carbocycles. The van der Waals surface area contributed by atoms with Gasteiger partial charge in [0.25, 0.3) is 0 Å². The van der Waals surface area contributed by atoms with Gasteiger partial charge in [-0.2, -0.15) is 0 Å². The number of methoxy groups -OCH3 is 1. The van der Waals surface area contributed by atoms with Crippen molar-refractivity contribution in [2.24, 2.45) is 5.41 Å². The standard InChI is InChI=1S/C14H21NO3S2/c1-7-8(6-9(16)17)20-13-10(18-5)12(19)15(13)11(7)14(2,3)4/h8,10,13H,6H2,1-5H3,(H,16,17)/t8?,10-,13+/m0/s1. The van der Waals surface area contributed by atoms with Gasteiger partial charge in [-0.15, -0.1) is 11.8 Å². The first-order valence-electron chi connectivity index (χ1n) is 6.63. The van der Waals surface area contributed by atoms with Crippen LogP contribution in [0.15, 0.2) is 11.3 Å². The molecule has 0 spiro atoms. The minimum Gasteiger partial charge on any atom is -0.481 e. The molecule has 1 fully saturated rings. The van der Waals surface area contributed by atoms with Crippen LogP contribution in [0, 0.1) is 5.41 Å². The molecule has 3 atom stereocenters. The van der Waals surface area contributed by atoms with Crippen LogP contribution in [-0.2, 0) is 9.53 Å². The van der Waals surface area contributed by atoms with Crippen molar-refractivity contribution >= 4 is 34.9 Å². The molecule has 0 aliphatic carbocycles.